The Bertz CT molecular complexity index is 948. The molecule has 0 radical (unpaired) electrons. The molecule has 2 rings (SSSR count). The Labute approximate surface area is 171 Å². The van der Waals surface area contributed by atoms with E-state index in [0.29, 0.717) is 23.6 Å². The first kappa shape index (κ1) is 23.0. The van der Waals surface area contributed by atoms with Crippen molar-refractivity contribution in [2.75, 3.05) is 13.7 Å². The first-order valence-electron chi connectivity index (χ1n) is 8.40. The molecule has 0 aliphatic heterocycles. The van der Waals surface area contributed by atoms with E-state index in [9.17, 15) is 22.0 Å². The van der Waals surface area contributed by atoms with Crippen molar-refractivity contribution in [1.82, 2.24) is 4.72 Å². The number of nitrogens with one attached hydrogen (secondary N) is 1. The molecule has 0 fully saturated rings. The molecule has 1 atom stereocenters. The van der Waals surface area contributed by atoms with Crippen LogP contribution in [0.5, 0.6) is 11.5 Å². The maximum atomic E-state index is 14.4. The van der Waals surface area contributed by atoms with Gasteiger partial charge in [-0.1, -0.05) is 11.6 Å². The van der Waals surface area contributed by atoms with Gasteiger partial charge in [0.05, 0.1) is 12.0 Å². The minimum Gasteiger partial charge on any atom is -0.468 e. The molecule has 7 nitrogen and oxygen atoms in total. The molecule has 0 saturated heterocycles. The van der Waals surface area contributed by atoms with Gasteiger partial charge in [0.1, 0.15) is 11.8 Å². The summed E-state index contributed by atoms with van der Waals surface area (Å²) in [7, 11) is -3.34. The Morgan fingerprint density at radius 1 is 1.21 bits per heavy atom. The van der Waals surface area contributed by atoms with Gasteiger partial charge < -0.3 is 15.2 Å². The second-order valence-corrected chi connectivity index (χ2v) is 8.05. The number of hydrogen-bond donors (Lipinski definition) is 2. The number of ether oxygens (including phenoxy) is 2. The summed E-state index contributed by atoms with van der Waals surface area (Å²) in [6, 6.07) is 5.65. The second kappa shape index (κ2) is 9.97. The average molecular weight is 449 g/mol. The van der Waals surface area contributed by atoms with Gasteiger partial charge in [-0.2, -0.15) is 4.72 Å². The first-order valence-corrected chi connectivity index (χ1v) is 10.3. The van der Waals surface area contributed by atoms with Crippen molar-refractivity contribution in [3.05, 3.63) is 53.1 Å². The van der Waals surface area contributed by atoms with Crippen molar-refractivity contribution in [2.24, 2.45) is 5.73 Å². The minimum atomic E-state index is -4.43. The van der Waals surface area contributed by atoms with Crippen LogP contribution in [0.4, 0.5) is 8.78 Å². The van der Waals surface area contributed by atoms with E-state index in [1.54, 1.807) is 0 Å². The SMILES string of the molecule is COC(=O)[C@@H](CCCN)NS(=O)(=O)c1cc(F)c(Oc2ccc(Cl)cc2)c(F)c1. The van der Waals surface area contributed by atoms with Gasteiger partial charge in [-0.15, -0.1) is 0 Å². The minimum absolute atomic E-state index is 0.0606. The predicted molar refractivity (Wildman–Crippen MR) is 102 cm³/mol. The Hall–Kier alpha value is -2.27. The first-order chi connectivity index (χ1) is 13.7. The number of benzene rings is 2. The van der Waals surface area contributed by atoms with E-state index in [1.807, 2.05) is 0 Å². The molecule has 29 heavy (non-hydrogen) atoms. The largest absolute Gasteiger partial charge is 0.468 e. The Morgan fingerprint density at radius 2 is 1.79 bits per heavy atom. The quantitative estimate of drug-likeness (QED) is 0.571. The van der Waals surface area contributed by atoms with Crippen LogP contribution in [0.2, 0.25) is 5.02 Å². The summed E-state index contributed by atoms with van der Waals surface area (Å²) in [6.07, 6.45) is 0.393. The number of halogens is 3. The normalized spacial score (nSPS) is 12.4. The molecule has 0 heterocycles. The van der Waals surface area contributed by atoms with Gasteiger partial charge in [0.2, 0.25) is 10.0 Å². The molecule has 0 bridgehead atoms. The molecule has 0 unspecified atom stereocenters. The summed E-state index contributed by atoms with van der Waals surface area (Å²) < 4.78 is 65.5. The van der Waals surface area contributed by atoms with Crippen LogP contribution in [0.1, 0.15) is 12.8 Å². The molecular formula is C18H19ClF2N2O5S. The summed E-state index contributed by atoms with van der Waals surface area (Å²) in [4.78, 5) is 11.1. The van der Waals surface area contributed by atoms with Crippen LogP contribution >= 0.6 is 11.6 Å². The van der Waals surface area contributed by atoms with E-state index in [2.05, 4.69) is 9.46 Å². The topological polar surface area (TPSA) is 108 Å². The zero-order chi connectivity index (χ0) is 21.6. The van der Waals surface area contributed by atoms with E-state index in [1.165, 1.54) is 24.3 Å². The van der Waals surface area contributed by atoms with Gasteiger partial charge in [-0.3, -0.25) is 4.79 Å². The molecule has 2 aromatic rings. The summed E-state index contributed by atoms with van der Waals surface area (Å²) in [5, 5.41) is 0.403. The molecule has 0 spiro atoms. The zero-order valence-electron chi connectivity index (χ0n) is 15.3. The highest BCUT2D eigenvalue weighted by Crippen LogP contribution is 2.30. The molecular weight excluding hydrogens is 430 g/mol. The second-order valence-electron chi connectivity index (χ2n) is 5.90. The molecule has 0 aromatic heterocycles. The van der Waals surface area contributed by atoms with Crippen LogP contribution < -0.4 is 15.2 Å². The van der Waals surface area contributed by atoms with E-state index >= 15 is 0 Å². The van der Waals surface area contributed by atoms with Crippen molar-refractivity contribution in [3.8, 4) is 11.5 Å². The summed E-state index contributed by atoms with van der Waals surface area (Å²) >= 11 is 5.74. The van der Waals surface area contributed by atoms with Gasteiger partial charge >= 0.3 is 5.97 Å². The third-order valence-electron chi connectivity index (χ3n) is 3.80. The molecule has 0 aliphatic carbocycles. The van der Waals surface area contributed by atoms with E-state index in [-0.39, 0.29) is 18.7 Å². The Morgan fingerprint density at radius 3 is 2.31 bits per heavy atom. The maximum absolute atomic E-state index is 14.4. The van der Waals surface area contributed by atoms with Gasteiger partial charge in [0, 0.05) is 5.02 Å². The van der Waals surface area contributed by atoms with Crippen molar-refractivity contribution < 1.29 is 31.5 Å². The van der Waals surface area contributed by atoms with Crippen LogP contribution in [0.15, 0.2) is 41.3 Å². The number of nitrogens with two attached hydrogens (primary N) is 1. The van der Waals surface area contributed by atoms with Crippen molar-refractivity contribution >= 4 is 27.6 Å². The monoisotopic (exact) mass is 448 g/mol. The number of carbonyl (C=O) groups is 1. The lowest BCUT2D eigenvalue weighted by molar-refractivity contribution is -0.142. The van der Waals surface area contributed by atoms with E-state index in [4.69, 9.17) is 22.1 Å². The van der Waals surface area contributed by atoms with Gasteiger partial charge in [0.15, 0.2) is 17.4 Å². The molecule has 0 amide bonds. The number of carbonyl (C=O) groups excluding carboxylic acids is 1. The molecule has 0 saturated carbocycles. The number of hydrogen-bond acceptors (Lipinski definition) is 6. The molecule has 2 aromatic carbocycles. The van der Waals surface area contributed by atoms with Crippen molar-refractivity contribution in [2.45, 2.75) is 23.8 Å². The highest BCUT2D eigenvalue weighted by atomic mass is 35.5. The van der Waals surface area contributed by atoms with E-state index in [0.717, 1.165) is 7.11 Å². The molecule has 3 N–H and O–H groups in total. The molecule has 0 aliphatic rings. The lowest BCUT2D eigenvalue weighted by Crippen LogP contribution is -2.41. The predicted octanol–water partition coefficient (Wildman–Crippen LogP) is 2.97. The molecule has 158 valence electrons. The highest BCUT2D eigenvalue weighted by molar-refractivity contribution is 7.89. The third kappa shape index (κ3) is 6.10. The smallest absolute Gasteiger partial charge is 0.323 e. The van der Waals surface area contributed by atoms with Crippen molar-refractivity contribution in [1.29, 1.82) is 0 Å². The van der Waals surface area contributed by atoms with Crippen LogP contribution in [0.25, 0.3) is 0 Å². The maximum Gasteiger partial charge on any atom is 0.323 e. The lowest BCUT2D eigenvalue weighted by atomic mass is 10.2. The number of esters is 1. The zero-order valence-corrected chi connectivity index (χ0v) is 16.9. The molecule has 11 heteroatoms. The summed E-state index contributed by atoms with van der Waals surface area (Å²) in [5.74, 6) is -3.99. The Kier molecular flexibility index (Phi) is 7.91. The van der Waals surface area contributed by atoms with Gasteiger partial charge in [0.25, 0.3) is 0 Å². The fourth-order valence-electron chi connectivity index (χ4n) is 2.35. The number of rotatable bonds is 9. The third-order valence-corrected chi connectivity index (χ3v) is 5.50. The van der Waals surface area contributed by atoms with Gasteiger partial charge in [-0.05, 0) is 55.8 Å². The fourth-order valence-corrected chi connectivity index (χ4v) is 3.72. The summed E-state index contributed by atoms with van der Waals surface area (Å²) in [6.45, 7) is 0.217. The van der Waals surface area contributed by atoms with Crippen LogP contribution in [0.3, 0.4) is 0 Å². The standard InChI is InChI=1S/C18H19ClF2N2O5S/c1-27-18(24)16(3-2-8-22)23-29(25,26)13-9-14(20)17(15(21)10-13)28-12-6-4-11(19)5-7-12/h4-7,9-10,16,23H,2-3,8,22H2,1H3/t16-/m1/s1. The average Bonchev–Trinajstić information content (AvgIpc) is 2.68. The van der Waals surface area contributed by atoms with Crippen LogP contribution in [0, 0.1) is 11.6 Å². The lowest BCUT2D eigenvalue weighted by Gasteiger charge is -2.17. The highest BCUT2D eigenvalue weighted by Gasteiger charge is 2.28. The Balaban J connectivity index is 2.29. The fraction of sp³-hybridized carbons (Fsp3) is 0.278. The summed E-state index contributed by atoms with van der Waals surface area (Å²) in [5.41, 5.74) is 5.37. The van der Waals surface area contributed by atoms with Crippen LogP contribution in [-0.4, -0.2) is 34.1 Å². The van der Waals surface area contributed by atoms with Crippen molar-refractivity contribution in [3.63, 3.8) is 0 Å². The number of sulfonamides is 1. The van der Waals surface area contributed by atoms with Gasteiger partial charge in [-0.25, -0.2) is 17.2 Å². The van der Waals surface area contributed by atoms with Crippen LogP contribution in [-0.2, 0) is 19.6 Å². The van der Waals surface area contributed by atoms with E-state index < -0.39 is 44.3 Å². The number of methoxy groups -OCH3 is 1.